The summed E-state index contributed by atoms with van der Waals surface area (Å²) in [7, 11) is 0. The van der Waals surface area contributed by atoms with E-state index in [4.69, 9.17) is 0 Å². The lowest BCUT2D eigenvalue weighted by Gasteiger charge is -2.09. The molecule has 0 aliphatic heterocycles. The number of hydrogen-bond donors (Lipinski definition) is 1. The van der Waals surface area contributed by atoms with E-state index in [9.17, 15) is 4.79 Å². The van der Waals surface area contributed by atoms with E-state index in [1.807, 2.05) is 37.3 Å². The summed E-state index contributed by atoms with van der Waals surface area (Å²) in [6.07, 6.45) is 4.36. The second-order valence-corrected chi connectivity index (χ2v) is 4.41. The maximum atomic E-state index is 12.2. The van der Waals surface area contributed by atoms with Crippen LogP contribution >= 0.6 is 0 Å². The van der Waals surface area contributed by atoms with E-state index in [0.29, 0.717) is 5.56 Å². The van der Waals surface area contributed by atoms with Crippen LogP contribution in [0.3, 0.4) is 0 Å². The van der Waals surface area contributed by atoms with Crippen LogP contribution in [0.1, 0.15) is 16.1 Å². The van der Waals surface area contributed by atoms with Gasteiger partial charge in [0.25, 0.3) is 5.91 Å². The van der Waals surface area contributed by atoms with E-state index in [1.165, 1.54) is 18.7 Å². The largest absolute Gasteiger partial charge is 0.321 e. The monoisotopic (exact) mass is 264 g/mol. The molecule has 0 saturated heterocycles. The van der Waals surface area contributed by atoms with E-state index in [1.54, 1.807) is 0 Å². The van der Waals surface area contributed by atoms with E-state index in [2.05, 4.69) is 20.3 Å². The number of aryl methyl sites for hydroxylation is 1. The fraction of sp³-hybridized carbons (Fsp3) is 0.0667. The number of fused-ring (bicyclic) bond motifs is 1. The number of pyridine rings is 1. The topological polar surface area (TPSA) is 67.8 Å². The maximum absolute atomic E-state index is 12.2. The van der Waals surface area contributed by atoms with Gasteiger partial charge in [0.05, 0.1) is 16.8 Å². The third-order valence-electron chi connectivity index (χ3n) is 2.92. The second kappa shape index (κ2) is 5.05. The van der Waals surface area contributed by atoms with Gasteiger partial charge in [-0.2, -0.15) is 0 Å². The first-order valence-electron chi connectivity index (χ1n) is 6.17. The number of para-hydroxylation sites is 1. The number of aromatic nitrogens is 3. The zero-order chi connectivity index (χ0) is 13.9. The van der Waals surface area contributed by atoms with Crippen molar-refractivity contribution in [2.75, 3.05) is 5.32 Å². The zero-order valence-corrected chi connectivity index (χ0v) is 10.9. The van der Waals surface area contributed by atoms with E-state index < -0.39 is 0 Å². The number of carbonyl (C=O) groups is 1. The van der Waals surface area contributed by atoms with Gasteiger partial charge in [-0.15, -0.1) is 0 Å². The Kier molecular flexibility index (Phi) is 3.09. The molecule has 3 rings (SSSR count). The van der Waals surface area contributed by atoms with Gasteiger partial charge in [0.15, 0.2) is 0 Å². The van der Waals surface area contributed by atoms with Crippen molar-refractivity contribution in [3.05, 3.63) is 60.3 Å². The van der Waals surface area contributed by atoms with Crippen molar-refractivity contribution in [2.24, 2.45) is 0 Å². The number of nitrogens with zero attached hydrogens (tertiary/aromatic N) is 3. The number of anilines is 1. The highest BCUT2D eigenvalue weighted by Gasteiger charge is 2.09. The number of rotatable bonds is 2. The van der Waals surface area contributed by atoms with Crippen LogP contribution in [0.15, 0.2) is 49.1 Å². The van der Waals surface area contributed by atoms with Crippen molar-refractivity contribution in [1.82, 2.24) is 15.0 Å². The Morgan fingerprint density at radius 1 is 1.15 bits per heavy atom. The second-order valence-electron chi connectivity index (χ2n) is 4.41. The minimum Gasteiger partial charge on any atom is -0.321 e. The molecular weight excluding hydrogens is 252 g/mol. The highest BCUT2D eigenvalue weighted by Crippen LogP contribution is 2.23. The van der Waals surface area contributed by atoms with Crippen molar-refractivity contribution < 1.29 is 4.79 Å². The number of hydrogen-bond acceptors (Lipinski definition) is 4. The summed E-state index contributed by atoms with van der Waals surface area (Å²) in [5, 5.41) is 3.79. The molecule has 5 heteroatoms. The van der Waals surface area contributed by atoms with Crippen molar-refractivity contribution in [3.8, 4) is 0 Å². The molecule has 0 bridgehead atoms. The molecule has 0 saturated carbocycles. The number of nitrogens with one attached hydrogen (secondary N) is 1. The molecule has 0 aliphatic rings. The van der Waals surface area contributed by atoms with Gasteiger partial charge in [-0.05, 0) is 19.1 Å². The summed E-state index contributed by atoms with van der Waals surface area (Å²) in [6.45, 7) is 1.90. The standard InChI is InChI=1S/C15H12N4O/c1-10-6-14(12-4-2-3-5-13(12)18-10)19-15(20)11-7-16-9-17-8-11/h2-9H,1H3,(H,18,19,20). The fourth-order valence-corrected chi connectivity index (χ4v) is 2.02. The minimum absolute atomic E-state index is 0.235. The summed E-state index contributed by atoms with van der Waals surface area (Å²) < 4.78 is 0. The van der Waals surface area contributed by atoms with E-state index in [0.717, 1.165) is 22.3 Å². The third-order valence-corrected chi connectivity index (χ3v) is 2.92. The van der Waals surface area contributed by atoms with E-state index >= 15 is 0 Å². The van der Waals surface area contributed by atoms with Crippen LogP contribution in [0, 0.1) is 6.92 Å². The molecule has 2 aromatic heterocycles. The first-order chi connectivity index (χ1) is 9.74. The smallest absolute Gasteiger partial charge is 0.258 e. The molecule has 0 aliphatic carbocycles. The Balaban J connectivity index is 2.01. The van der Waals surface area contributed by atoms with Crippen LogP contribution in [0.5, 0.6) is 0 Å². The summed E-state index contributed by atoms with van der Waals surface area (Å²) in [4.78, 5) is 24.3. The Morgan fingerprint density at radius 3 is 2.70 bits per heavy atom. The van der Waals surface area contributed by atoms with Crippen LogP contribution in [-0.4, -0.2) is 20.9 Å². The summed E-state index contributed by atoms with van der Waals surface area (Å²) in [6, 6.07) is 9.54. The minimum atomic E-state index is -0.235. The lowest BCUT2D eigenvalue weighted by molar-refractivity contribution is 0.102. The van der Waals surface area contributed by atoms with Gasteiger partial charge >= 0.3 is 0 Å². The van der Waals surface area contributed by atoms with Gasteiger partial charge < -0.3 is 5.32 Å². The average molecular weight is 264 g/mol. The summed E-state index contributed by atoms with van der Waals surface area (Å²) >= 11 is 0. The van der Waals surface area contributed by atoms with E-state index in [-0.39, 0.29) is 5.91 Å². The van der Waals surface area contributed by atoms with Gasteiger partial charge in [-0.1, -0.05) is 18.2 Å². The molecule has 2 heterocycles. The average Bonchev–Trinajstić information content (AvgIpc) is 2.48. The molecule has 0 atom stereocenters. The normalized spacial score (nSPS) is 10.4. The molecule has 0 radical (unpaired) electrons. The number of carbonyl (C=O) groups excluding carboxylic acids is 1. The van der Waals surface area contributed by atoms with Gasteiger partial charge in [0.2, 0.25) is 0 Å². The molecule has 3 aromatic rings. The molecule has 1 amide bonds. The van der Waals surface area contributed by atoms with Gasteiger partial charge in [-0.25, -0.2) is 9.97 Å². The third kappa shape index (κ3) is 2.33. The molecule has 1 N–H and O–H groups in total. The molecule has 20 heavy (non-hydrogen) atoms. The fourth-order valence-electron chi connectivity index (χ4n) is 2.02. The maximum Gasteiger partial charge on any atom is 0.258 e. The van der Waals surface area contributed by atoms with Crippen LogP contribution in [-0.2, 0) is 0 Å². The predicted octanol–water partition coefficient (Wildman–Crippen LogP) is 2.59. The SMILES string of the molecule is Cc1cc(NC(=O)c2cncnc2)c2ccccc2n1. The van der Waals surface area contributed by atoms with Crippen LogP contribution in [0.25, 0.3) is 10.9 Å². The van der Waals surface area contributed by atoms with Gasteiger partial charge in [-0.3, -0.25) is 9.78 Å². The molecule has 1 aromatic carbocycles. The van der Waals surface area contributed by atoms with Gasteiger partial charge in [0.1, 0.15) is 6.33 Å². The molecule has 5 nitrogen and oxygen atoms in total. The number of amides is 1. The van der Waals surface area contributed by atoms with Crippen molar-refractivity contribution in [1.29, 1.82) is 0 Å². The quantitative estimate of drug-likeness (QED) is 0.772. The zero-order valence-electron chi connectivity index (χ0n) is 10.9. The lowest BCUT2D eigenvalue weighted by Crippen LogP contribution is -2.13. The van der Waals surface area contributed by atoms with Crippen LogP contribution in [0.4, 0.5) is 5.69 Å². The summed E-state index contributed by atoms with van der Waals surface area (Å²) in [5.74, 6) is -0.235. The van der Waals surface area contributed by atoms with Crippen molar-refractivity contribution in [2.45, 2.75) is 6.92 Å². The van der Waals surface area contributed by atoms with Crippen LogP contribution < -0.4 is 5.32 Å². The Bertz CT molecular complexity index is 771. The molecule has 98 valence electrons. The molecule has 0 fully saturated rings. The first-order valence-corrected chi connectivity index (χ1v) is 6.17. The van der Waals surface area contributed by atoms with Crippen molar-refractivity contribution >= 4 is 22.5 Å². The highest BCUT2D eigenvalue weighted by molar-refractivity contribution is 6.08. The predicted molar refractivity (Wildman–Crippen MR) is 76.5 cm³/mol. The first kappa shape index (κ1) is 12.2. The lowest BCUT2D eigenvalue weighted by atomic mass is 10.1. The van der Waals surface area contributed by atoms with Gasteiger partial charge in [0, 0.05) is 23.5 Å². The number of benzene rings is 1. The van der Waals surface area contributed by atoms with Crippen LogP contribution in [0.2, 0.25) is 0 Å². The summed E-state index contributed by atoms with van der Waals surface area (Å²) in [5.41, 5.74) is 2.86. The Labute approximate surface area is 115 Å². The molecular formula is C15H12N4O. The Morgan fingerprint density at radius 2 is 1.90 bits per heavy atom. The Hall–Kier alpha value is -2.82. The highest BCUT2D eigenvalue weighted by atomic mass is 16.1. The van der Waals surface area contributed by atoms with Crippen molar-refractivity contribution in [3.63, 3.8) is 0 Å². The molecule has 0 unspecified atom stereocenters. The molecule has 0 spiro atoms.